The Morgan fingerprint density at radius 3 is 1.40 bits per heavy atom. The van der Waals surface area contributed by atoms with E-state index in [9.17, 15) is 22.0 Å². The molecule has 10 heavy (non-hydrogen) atoms. The van der Waals surface area contributed by atoms with Crippen molar-refractivity contribution >= 4 is 15.9 Å². The standard InChI is InChI=1S/C4H2BrF5/c5-3(6,7)1-2-4(8,9)10/h1-2H. The molecule has 0 aromatic heterocycles. The van der Waals surface area contributed by atoms with Gasteiger partial charge in [0.2, 0.25) is 0 Å². The van der Waals surface area contributed by atoms with Crippen LogP contribution in [-0.4, -0.2) is 11.0 Å². The first-order chi connectivity index (χ1) is 4.21. The summed E-state index contributed by atoms with van der Waals surface area (Å²) in [4.78, 5) is -3.58. The average molecular weight is 225 g/mol. The molecule has 0 aliphatic carbocycles. The Labute approximate surface area is 61.8 Å². The van der Waals surface area contributed by atoms with Crippen LogP contribution < -0.4 is 0 Å². The number of alkyl halides is 6. The van der Waals surface area contributed by atoms with Gasteiger partial charge in [-0.15, -0.1) is 0 Å². The fourth-order valence-corrected chi connectivity index (χ4v) is 0.321. The van der Waals surface area contributed by atoms with Crippen LogP contribution in [0.2, 0.25) is 0 Å². The molecule has 0 radical (unpaired) electrons. The lowest BCUT2D eigenvalue weighted by Gasteiger charge is -2.01. The molecule has 0 rings (SSSR count). The Bertz CT molecular complexity index is 114. The van der Waals surface area contributed by atoms with Crippen molar-refractivity contribution in [1.82, 2.24) is 0 Å². The first kappa shape index (κ1) is 9.87. The SMILES string of the molecule is FC(F)(F)C=CC(F)(F)Br. The van der Waals surface area contributed by atoms with Gasteiger partial charge in [-0.2, -0.15) is 22.0 Å². The first-order valence-corrected chi connectivity index (χ1v) is 2.84. The second kappa shape index (κ2) is 2.86. The molecule has 0 nitrogen and oxygen atoms in total. The zero-order valence-corrected chi connectivity index (χ0v) is 6.01. The highest BCUT2D eigenvalue weighted by Crippen LogP contribution is 2.26. The van der Waals surface area contributed by atoms with E-state index in [2.05, 4.69) is 0 Å². The minimum Gasteiger partial charge on any atom is -0.189 e. The molecular weight excluding hydrogens is 223 g/mol. The Morgan fingerprint density at radius 2 is 1.30 bits per heavy atom. The maximum atomic E-state index is 11.6. The molecule has 0 aliphatic heterocycles. The number of hydrogen-bond donors (Lipinski definition) is 0. The maximum Gasteiger partial charge on any atom is 0.409 e. The Morgan fingerprint density at radius 1 is 0.900 bits per heavy atom. The van der Waals surface area contributed by atoms with E-state index in [-0.39, 0.29) is 6.08 Å². The maximum absolute atomic E-state index is 11.6. The predicted molar refractivity (Wildman–Crippen MR) is 29.1 cm³/mol. The van der Waals surface area contributed by atoms with E-state index in [0.29, 0.717) is 0 Å². The van der Waals surface area contributed by atoms with Crippen LogP contribution in [0.25, 0.3) is 0 Å². The lowest BCUT2D eigenvalue weighted by Crippen LogP contribution is -2.05. The predicted octanol–water partition coefficient (Wildman–Crippen LogP) is 3.09. The fourth-order valence-electron chi connectivity index (χ4n) is 0.189. The summed E-state index contributed by atoms with van der Waals surface area (Å²) in [5.74, 6) is 0. The van der Waals surface area contributed by atoms with E-state index in [1.807, 2.05) is 0 Å². The molecule has 0 aromatic carbocycles. The van der Waals surface area contributed by atoms with Crippen molar-refractivity contribution in [3.05, 3.63) is 12.2 Å². The molecule has 6 heteroatoms. The van der Waals surface area contributed by atoms with E-state index in [4.69, 9.17) is 0 Å². The van der Waals surface area contributed by atoms with E-state index >= 15 is 0 Å². The molecular formula is C4H2BrF5. The van der Waals surface area contributed by atoms with Crippen molar-refractivity contribution < 1.29 is 22.0 Å². The Balaban J connectivity index is 4.01. The zero-order valence-electron chi connectivity index (χ0n) is 4.42. The third-order valence-electron chi connectivity index (χ3n) is 0.461. The largest absolute Gasteiger partial charge is 0.409 e. The van der Waals surface area contributed by atoms with Crippen LogP contribution in [0.3, 0.4) is 0 Å². The van der Waals surface area contributed by atoms with Gasteiger partial charge in [-0.1, -0.05) is 0 Å². The summed E-state index contributed by atoms with van der Waals surface area (Å²) in [6.45, 7) is 0. The molecule has 0 heterocycles. The number of allylic oxidation sites excluding steroid dienone is 2. The van der Waals surface area contributed by atoms with Crippen molar-refractivity contribution in [3.8, 4) is 0 Å². The molecule has 0 atom stereocenters. The highest BCUT2D eigenvalue weighted by Gasteiger charge is 2.27. The topological polar surface area (TPSA) is 0 Å². The molecule has 0 aliphatic rings. The van der Waals surface area contributed by atoms with Crippen molar-refractivity contribution in [2.75, 3.05) is 0 Å². The molecule has 0 bridgehead atoms. The molecule has 0 unspecified atom stereocenters. The summed E-state index contributed by atoms with van der Waals surface area (Å²) < 4.78 is 56.6. The highest BCUT2D eigenvalue weighted by atomic mass is 79.9. The van der Waals surface area contributed by atoms with Gasteiger partial charge in [-0.3, -0.25) is 0 Å². The lowest BCUT2D eigenvalue weighted by atomic mass is 10.5. The summed E-state index contributed by atoms with van der Waals surface area (Å²) >= 11 is 1.71. The molecule has 60 valence electrons. The van der Waals surface area contributed by atoms with Gasteiger partial charge in [0.1, 0.15) is 0 Å². The van der Waals surface area contributed by atoms with Crippen LogP contribution in [-0.2, 0) is 0 Å². The third kappa shape index (κ3) is 7.87. The van der Waals surface area contributed by atoms with Crippen molar-refractivity contribution in [2.45, 2.75) is 11.0 Å². The quantitative estimate of drug-likeness (QED) is 0.365. The van der Waals surface area contributed by atoms with Gasteiger partial charge in [-0.05, 0) is 15.9 Å². The summed E-state index contributed by atoms with van der Waals surface area (Å²) in [6, 6.07) is 0. The van der Waals surface area contributed by atoms with Gasteiger partial charge in [0.05, 0.1) is 0 Å². The van der Waals surface area contributed by atoms with Gasteiger partial charge in [-0.25, -0.2) is 0 Å². The molecule has 0 saturated carbocycles. The monoisotopic (exact) mass is 224 g/mol. The van der Waals surface area contributed by atoms with Crippen LogP contribution in [0, 0.1) is 0 Å². The first-order valence-electron chi connectivity index (χ1n) is 2.04. The smallest absolute Gasteiger partial charge is 0.189 e. The third-order valence-corrected chi connectivity index (χ3v) is 0.726. The van der Waals surface area contributed by atoms with Crippen LogP contribution >= 0.6 is 15.9 Å². The second-order valence-electron chi connectivity index (χ2n) is 1.42. The molecule has 0 fully saturated rings. The summed E-state index contributed by atoms with van der Waals surface area (Å²) in [5, 5.41) is 0. The second-order valence-corrected chi connectivity index (χ2v) is 2.47. The van der Waals surface area contributed by atoms with Gasteiger partial charge < -0.3 is 0 Å². The number of hydrogen-bond acceptors (Lipinski definition) is 0. The molecule has 0 saturated heterocycles. The van der Waals surface area contributed by atoms with E-state index < -0.39 is 17.1 Å². The Hall–Kier alpha value is -0.130. The van der Waals surface area contributed by atoms with Crippen molar-refractivity contribution in [2.24, 2.45) is 0 Å². The zero-order chi connectivity index (χ0) is 8.41. The van der Waals surface area contributed by atoms with Crippen LogP contribution in [0.5, 0.6) is 0 Å². The fraction of sp³-hybridized carbons (Fsp3) is 0.500. The van der Waals surface area contributed by atoms with Gasteiger partial charge in [0.25, 0.3) is 0 Å². The van der Waals surface area contributed by atoms with E-state index in [1.165, 1.54) is 0 Å². The molecule has 0 aromatic rings. The average Bonchev–Trinajstić information content (AvgIpc) is 1.57. The van der Waals surface area contributed by atoms with E-state index in [0.717, 1.165) is 0 Å². The Kier molecular flexibility index (Phi) is 2.82. The van der Waals surface area contributed by atoms with Gasteiger partial charge in [0, 0.05) is 12.2 Å². The van der Waals surface area contributed by atoms with Crippen LogP contribution in [0.15, 0.2) is 12.2 Å². The minimum absolute atomic E-state index is 0.271. The molecule has 0 spiro atoms. The van der Waals surface area contributed by atoms with Crippen LogP contribution in [0.4, 0.5) is 22.0 Å². The lowest BCUT2D eigenvalue weighted by molar-refractivity contribution is -0.0809. The number of halogens is 6. The minimum atomic E-state index is -4.68. The highest BCUT2D eigenvalue weighted by molar-refractivity contribution is 9.10. The van der Waals surface area contributed by atoms with Crippen molar-refractivity contribution in [3.63, 3.8) is 0 Å². The number of rotatable bonds is 1. The molecule has 0 N–H and O–H groups in total. The van der Waals surface area contributed by atoms with Crippen molar-refractivity contribution in [1.29, 1.82) is 0 Å². The summed E-state index contributed by atoms with van der Waals surface area (Å²) in [6.07, 6.45) is -5.48. The normalized spacial score (nSPS) is 14.6. The molecule has 0 amide bonds. The van der Waals surface area contributed by atoms with Gasteiger partial charge in [0.15, 0.2) is 0 Å². The van der Waals surface area contributed by atoms with Crippen LogP contribution in [0.1, 0.15) is 0 Å². The summed E-state index contributed by atoms with van der Waals surface area (Å²) in [5.41, 5.74) is 0. The van der Waals surface area contributed by atoms with Gasteiger partial charge >= 0.3 is 11.0 Å². The summed E-state index contributed by atoms with van der Waals surface area (Å²) in [7, 11) is 0. The van der Waals surface area contributed by atoms with E-state index in [1.54, 1.807) is 15.9 Å².